The van der Waals surface area contributed by atoms with E-state index < -0.39 is 0 Å². The molecule has 0 radical (unpaired) electrons. The maximum atomic E-state index is 12.1. The van der Waals surface area contributed by atoms with Gasteiger partial charge < -0.3 is 10.1 Å². The number of fused-ring (bicyclic) bond motifs is 1. The zero-order chi connectivity index (χ0) is 16.8. The molecule has 3 nitrogen and oxygen atoms in total. The molecule has 0 spiro atoms. The van der Waals surface area contributed by atoms with Crippen LogP contribution in [0.3, 0.4) is 0 Å². The Bertz CT molecular complexity index is 681. The predicted octanol–water partition coefficient (Wildman–Crippen LogP) is 3.96. The van der Waals surface area contributed by atoms with Crippen LogP contribution in [-0.2, 0) is 29.0 Å². The van der Waals surface area contributed by atoms with Crippen LogP contribution in [0.2, 0.25) is 0 Å². The molecule has 3 heteroatoms. The number of rotatable bonds is 6. The van der Waals surface area contributed by atoms with Crippen molar-refractivity contribution in [2.75, 3.05) is 6.61 Å². The zero-order valence-electron chi connectivity index (χ0n) is 14.3. The van der Waals surface area contributed by atoms with Crippen LogP contribution < -0.4 is 5.32 Å². The fraction of sp³-hybridized carbons (Fsp3) is 0.381. The molecule has 3 rings (SSSR count). The number of carbonyl (C=O) groups is 1. The summed E-state index contributed by atoms with van der Waals surface area (Å²) in [5, 5.41) is 3.03. The summed E-state index contributed by atoms with van der Waals surface area (Å²) in [5.74, 6) is -0.0730. The van der Waals surface area contributed by atoms with E-state index in [1.165, 1.54) is 36.0 Å². The van der Waals surface area contributed by atoms with Gasteiger partial charge in [0, 0.05) is 0 Å². The van der Waals surface area contributed by atoms with E-state index in [9.17, 15) is 4.79 Å². The second kappa shape index (κ2) is 8.11. The molecule has 0 fully saturated rings. The number of hydrogen-bond acceptors (Lipinski definition) is 2. The van der Waals surface area contributed by atoms with Gasteiger partial charge in [-0.3, -0.25) is 4.79 Å². The van der Waals surface area contributed by atoms with Crippen molar-refractivity contribution in [1.29, 1.82) is 0 Å². The zero-order valence-corrected chi connectivity index (χ0v) is 14.3. The highest BCUT2D eigenvalue weighted by molar-refractivity contribution is 5.77. The number of carbonyl (C=O) groups excluding carboxylic acids is 1. The standard InChI is InChI=1S/C21H25NO2/c1-16(19-12-11-18-9-5-6-10-20(18)13-19)22-21(23)15-24-14-17-7-3-2-4-8-17/h2-4,7-8,11-13,16H,5-6,9-10,14-15H2,1H3,(H,22,23). The largest absolute Gasteiger partial charge is 0.367 e. The molecular weight excluding hydrogens is 298 g/mol. The maximum Gasteiger partial charge on any atom is 0.246 e. The summed E-state index contributed by atoms with van der Waals surface area (Å²) in [5.41, 5.74) is 5.16. The molecule has 2 aromatic carbocycles. The summed E-state index contributed by atoms with van der Waals surface area (Å²) in [6.45, 7) is 2.57. The van der Waals surface area contributed by atoms with Crippen LogP contribution in [0.4, 0.5) is 0 Å². The molecule has 1 atom stereocenters. The Morgan fingerprint density at radius 3 is 2.62 bits per heavy atom. The molecule has 0 bridgehead atoms. The molecule has 0 saturated carbocycles. The summed E-state index contributed by atoms with van der Waals surface area (Å²) in [6.07, 6.45) is 4.90. The molecule has 1 unspecified atom stereocenters. The summed E-state index contributed by atoms with van der Waals surface area (Å²) >= 11 is 0. The first kappa shape index (κ1) is 16.7. The van der Waals surface area contributed by atoms with Gasteiger partial charge in [0.2, 0.25) is 5.91 Å². The fourth-order valence-electron chi connectivity index (χ4n) is 3.23. The van der Waals surface area contributed by atoms with E-state index in [1.807, 2.05) is 37.3 Å². The van der Waals surface area contributed by atoms with Gasteiger partial charge in [-0.05, 0) is 54.9 Å². The maximum absolute atomic E-state index is 12.1. The predicted molar refractivity (Wildman–Crippen MR) is 95.7 cm³/mol. The van der Waals surface area contributed by atoms with E-state index >= 15 is 0 Å². The third kappa shape index (κ3) is 4.45. The topological polar surface area (TPSA) is 38.3 Å². The molecule has 1 amide bonds. The quantitative estimate of drug-likeness (QED) is 0.874. The summed E-state index contributed by atoms with van der Waals surface area (Å²) < 4.78 is 5.50. The summed E-state index contributed by atoms with van der Waals surface area (Å²) in [7, 11) is 0. The van der Waals surface area contributed by atoms with Crippen molar-refractivity contribution in [3.05, 3.63) is 70.8 Å². The Labute approximate surface area is 144 Å². The molecule has 0 heterocycles. The van der Waals surface area contributed by atoms with Crippen LogP contribution >= 0.6 is 0 Å². The highest BCUT2D eigenvalue weighted by atomic mass is 16.5. The molecule has 126 valence electrons. The van der Waals surface area contributed by atoms with Crippen molar-refractivity contribution < 1.29 is 9.53 Å². The van der Waals surface area contributed by atoms with Crippen molar-refractivity contribution in [3.63, 3.8) is 0 Å². The van der Waals surface area contributed by atoms with Crippen LogP contribution in [0.15, 0.2) is 48.5 Å². The van der Waals surface area contributed by atoms with E-state index in [4.69, 9.17) is 4.74 Å². The smallest absolute Gasteiger partial charge is 0.246 e. The van der Waals surface area contributed by atoms with E-state index in [1.54, 1.807) is 0 Å². The minimum Gasteiger partial charge on any atom is -0.367 e. The third-order valence-corrected chi connectivity index (χ3v) is 4.59. The van der Waals surface area contributed by atoms with Gasteiger partial charge in [-0.2, -0.15) is 0 Å². The molecule has 1 N–H and O–H groups in total. The van der Waals surface area contributed by atoms with Crippen molar-refractivity contribution in [2.45, 2.75) is 45.3 Å². The molecule has 1 aliphatic carbocycles. The van der Waals surface area contributed by atoms with Gasteiger partial charge in [-0.1, -0.05) is 48.5 Å². The lowest BCUT2D eigenvalue weighted by molar-refractivity contribution is -0.126. The van der Waals surface area contributed by atoms with Gasteiger partial charge in [-0.15, -0.1) is 0 Å². The van der Waals surface area contributed by atoms with Crippen LogP contribution in [0, 0.1) is 0 Å². The van der Waals surface area contributed by atoms with E-state index in [2.05, 4.69) is 23.5 Å². The molecular formula is C21H25NO2. The minimum absolute atomic E-state index is 0.00468. The lowest BCUT2D eigenvalue weighted by Crippen LogP contribution is -2.30. The Kier molecular flexibility index (Phi) is 5.65. The number of hydrogen-bond donors (Lipinski definition) is 1. The Morgan fingerprint density at radius 2 is 1.83 bits per heavy atom. The number of amides is 1. The Morgan fingerprint density at radius 1 is 1.08 bits per heavy atom. The SMILES string of the molecule is CC(NC(=O)COCc1ccccc1)c1ccc2c(c1)CCCC2. The van der Waals surface area contributed by atoms with Crippen LogP contribution in [0.5, 0.6) is 0 Å². The van der Waals surface area contributed by atoms with Crippen molar-refractivity contribution >= 4 is 5.91 Å². The first-order valence-corrected chi connectivity index (χ1v) is 8.75. The second-order valence-electron chi connectivity index (χ2n) is 6.50. The Balaban J connectivity index is 1.49. The number of nitrogens with one attached hydrogen (secondary N) is 1. The molecule has 24 heavy (non-hydrogen) atoms. The molecule has 0 saturated heterocycles. The number of benzene rings is 2. The lowest BCUT2D eigenvalue weighted by atomic mass is 9.89. The van der Waals surface area contributed by atoms with Crippen molar-refractivity contribution in [1.82, 2.24) is 5.32 Å². The average molecular weight is 323 g/mol. The average Bonchev–Trinajstić information content (AvgIpc) is 2.62. The number of aryl methyl sites for hydroxylation is 2. The monoisotopic (exact) mass is 323 g/mol. The highest BCUT2D eigenvalue weighted by Gasteiger charge is 2.14. The van der Waals surface area contributed by atoms with Crippen LogP contribution in [0.1, 0.15) is 48.1 Å². The van der Waals surface area contributed by atoms with Gasteiger partial charge in [0.1, 0.15) is 6.61 Å². The van der Waals surface area contributed by atoms with E-state index in [0.29, 0.717) is 6.61 Å². The second-order valence-corrected chi connectivity index (χ2v) is 6.50. The van der Waals surface area contributed by atoms with Gasteiger partial charge in [0.15, 0.2) is 0 Å². The highest BCUT2D eigenvalue weighted by Crippen LogP contribution is 2.24. The van der Waals surface area contributed by atoms with E-state index in [-0.39, 0.29) is 18.6 Å². The molecule has 0 aliphatic heterocycles. The molecule has 0 aromatic heterocycles. The van der Waals surface area contributed by atoms with Gasteiger partial charge in [-0.25, -0.2) is 0 Å². The fourth-order valence-corrected chi connectivity index (χ4v) is 3.23. The first-order valence-electron chi connectivity index (χ1n) is 8.75. The summed E-state index contributed by atoms with van der Waals surface area (Å²) in [6, 6.07) is 16.5. The lowest BCUT2D eigenvalue weighted by Gasteiger charge is -2.20. The Hall–Kier alpha value is -2.13. The molecule has 1 aliphatic rings. The molecule has 2 aromatic rings. The third-order valence-electron chi connectivity index (χ3n) is 4.59. The van der Waals surface area contributed by atoms with Gasteiger partial charge in [0.05, 0.1) is 12.6 Å². The minimum atomic E-state index is -0.0730. The number of ether oxygens (including phenoxy) is 1. The van der Waals surface area contributed by atoms with Gasteiger partial charge in [0.25, 0.3) is 0 Å². The first-order chi connectivity index (χ1) is 11.7. The van der Waals surface area contributed by atoms with Crippen LogP contribution in [-0.4, -0.2) is 12.5 Å². The van der Waals surface area contributed by atoms with E-state index in [0.717, 1.165) is 12.0 Å². The van der Waals surface area contributed by atoms with Crippen LogP contribution in [0.25, 0.3) is 0 Å². The van der Waals surface area contributed by atoms with Crippen molar-refractivity contribution in [2.24, 2.45) is 0 Å². The van der Waals surface area contributed by atoms with Gasteiger partial charge >= 0.3 is 0 Å². The summed E-state index contributed by atoms with van der Waals surface area (Å²) in [4.78, 5) is 12.1. The normalized spacial score (nSPS) is 14.7. The van der Waals surface area contributed by atoms with Crippen molar-refractivity contribution in [3.8, 4) is 0 Å².